The molecule has 3 N–H and O–H groups in total. The minimum Gasteiger partial charge on any atom is -0.329 e. The lowest BCUT2D eigenvalue weighted by Gasteiger charge is -2.37. The van der Waals surface area contributed by atoms with E-state index in [9.17, 15) is 14.4 Å². The molecule has 184 valence electrons. The number of hydrogen-bond acceptors (Lipinski definition) is 5. The minimum absolute atomic E-state index is 0.00987. The lowest BCUT2D eigenvalue weighted by molar-refractivity contribution is -0.144. The molecule has 3 aliphatic rings. The molecule has 5 rings (SSSR count). The van der Waals surface area contributed by atoms with E-state index in [-0.39, 0.29) is 30.3 Å². The minimum atomic E-state index is -0.640. The lowest BCUT2D eigenvalue weighted by Crippen LogP contribution is -2.54. The van der Waals surface area contributed by atoms with Gasteiger partial charge in [-0.1, -0.05) is 32.9 Å². The zero-order chi connectivity index (χ0) is 24.8. The second-order valence-electron chi connectivity index (χ2n) is 11.0. The highest BCUT2D eigenvalue weighted by molar-refractivity contribution is 6.06. The molecule has 2 atom stereocenters. The van der Waals surface area contributed by atoms with Crippen LogP contribution < -0.4 is 16.0 Å². The van der Waals surface area contributed by atoms with Gasteiger partial charge in [0.15, 0.2) is 0 Å². The lowest BCUT2D eigenvalue weighted by atomic mass is 9.79. The third-order valence-corrected chi connectivity index (χ3v) is 7.39. The van der Waals surface area contributed by atoms with Crippen molar-refractivity contribution in [2.75, 3.05) is 30.3 Å². The molecule has 1 aromatic heterocycles. The van der Waals surface area contributed by atoms with Crippen molar-refractivity contribution in [1.29, 1.82) is 0 Å². The predicted molar refractivity (Wildman–Crippen MR) is 134 cm³/mol. The summed E-state index contributed by atoms with van der Waals surface area (Å²) in [5.74, 6) is 0.385. The van der Waals surface area contributed by atoms with E-state index in [4.69, 9.17) is 0 Å². The molecule has 1 saturated heterocycles. The number of rotatable bonds is 4. The Bertz CT molecular complexity index is 1180. The fourth-order valence-electron chi connectivity index (χ4n) is 5.60. The zero-order valence-corrected chi connectivity index (χ0v) is 20.6. The van der Waals surface area contributed by atoms with Crippen LogP contribution in [0, 0.1) is 5.41 Å². The van der Waals surface area contributed by atoms with Crippen molar-refractivity contribution >= 4 is 29.2 Å². The van der Waals surface area contributed by atoms with Gasteiger partial charge in [-0.15, -0.1) is 0 Å². The van der Waals surface area contributed by atoms with Crippen LogP contribution in [0.3, 0.4) is 0 Å². The second-order valence-corrected chi connectivity index (χ2v) is 11.0. The summed E-state index contributed by atoms with van der Waals surface area (Å²) in [7, 11) is 0. The molecule has 8 heteroatoms. The maximum Gasteiger partial charge on any atom is 0.244 e. The highest BCUT2D eigenvalue weighted by atomic mass is 16.2. The molecule has 1 aromatic carbocycles. The van der Waals surface area contributed by atoms with Gasteiger partial charge in [0.25, 0.3) is 0 Å². The SMILES string of the molecule is CC(C)(C)C(=O)N(CC(=O)Nc1ccc2c(c1)CC1(C2)C(=O)Nc2ncccc21)C1CCCNC1. The second kappa shape index (κ2) is 8.75. The number of aromatic nitrogens is 1. The van der Waals surface area contributed by atoms with Crippen LogP contribution in [0.1, 0.15) is 50.3 Å². The first-order valence-corrected chi connectivity index (χ1v) is 12.4. The Kier molecular flexibility index (Phi) is 5.87. The van der Waals surface area contributed by atoms with E-state index in [0.29, 0.717) is 30.9 Å². The molecular weight excluding hydrogens is 442 g/mol. The molecule has 1 spiro atoms. The first-order chi connectivity index (χ1) is 16.7. The smallest absolute Gasteiger partial charge is 0.244 e. The molecule has 1 aliphatic carbocycles. The van der Waals surface area contributed by atoms with Crippen LogP contribution in [0.25, 0.3) is 0 Å². The van der Waals surface area contributed by atoms with Gasteiger partial charge >= 0.3 is 0 Å². The van der Waals surface area contributed by atoms with Crippen molar-refractivity contribution in [1.82, 2.24) is 15.2 Å². The van der Waals surface area contributed by atoms with Crippen molar-refractivity contribution < 1.29 is 14.4 Å². The summed E-state index contributed by atoms with van der Waals surface area (Å²) < 4.78 is 0. The fourth-order valence-corrected chi connectivity index (χ4v) is 5.60. The molecule has 2 unspecified atom stereocenters. The first kappa shape index (κ1) is 23.5. The average molecular weight is 476 g/mol. The molecule has 1 fully saturated rings. The number of carbonyl (C=O) groups is 3. The number of anilines is 2. The summed E-state index contributed by atoms with van der Waals surface area (Å²) in [6.07, 6.45) is 4.74. The standard InChI is InChI=1S/C27H33N5O3/c1-26(2,3)25(35)32(20-6-4-10-28-15-20)16-22(33)30-19-9-8-17-13-27(14-18(17)12-19)21-7-5-11-29-23(21)31-24(27)34/h5,7-9,11-12,20,28H,4,6,10,13-16H2,1-3H3,(H,30,33)(H,29,31,34). The molecule has 3 heterocycles. The first-order valence-electron chi connectivity index (χ1n) is 12.4. The molecule has 2 aliphatic heterocycles. The van der Waals surface area contributed by atoms with Crippen LogP contribution in [-0.2, 0) is 32.6 Å². The Labute approximate surface area is 205 Å². The Balaban J connectivity index is 1.31. The maximum atomic E-state index is 13.2. The van der Waals surface area contributed by atoms with Gasteiger partial charge in [-0.2, -0.15) is 0 Å². The van der Waals surface area contributed by atoms with Crippen molar-refractivity contribution in [2.24, 2.45) is 5.41 Å². The zero-order valence-electron chi connectivity index (χ0n) is 20.6. The van der Waals surface area contributed by atoms with Gasteiger partial charge in [-0.3, -0.25) is 14.4 Å². The molecule has 3 amide bonds. The van der Waals surface area contributed by atoms with E-state index >= 15 is 0 Å². The van der Waals surface area contributed by atoms with Crippen LogP contribution in [0.2, 0.25) is 0 Å². The average Bonchev–Trinajstić information content (AvgIpc) is 3.34. The number of nitrogens with one attached hydrogen (secondary N) is 3. The Morgan fingerprint density at radius 2 is 2.00 bits per heavy atom. The number of piperidine rings is 1. The third-order valence-electron chi connectivity index (χ3n) is 7.39. The fraction of sp³-hybridized carbons (Fsp3) is 0.481. The third kappa shape index (κ3) is 4.31. The van der Waals surface area contributed by atoms with Crippen LogP contribution in [0.4, 0.5) is 11.5 Å². The van der Waals surface area contributed by atoms with Crippen molar-refractivity contribution in [3.05, 3.63) is 53.2 Å². The Morgan fingerprint density at radius 3 is 2.74 bits per heavy atom. The molecule has 0 saturated carbocycles. The molecular formula is C27H33N5O3. The van der Waals surface area contributed by atoms with E-state index in [0.717, 1.165) is 36.1 Å². The van der Waals surface area contributed by atoms with Gasteiger partial charge in [-0.25, -0.2) is 4.98 Å². The van der Waals surface area contributed by atoms with E-state index < -0.39 is 10.8 Å². The van der Waals surface area contributed by atoms with Crippen molar-refractivity contribution in [2.45, 2.75) is 57.9 Å². The summed E-state index contributed by atoms with van der Waals surface area (Å²) in [5, 5.41) is 9.26. The van der Waals surface area contributed by atoms with E-state index in [1.165, 1.54) is 0 Å². The summed E-state index contributed by atoms with van der Waals surface area (Å²) in [6, 6.07) is 9.67. The molecule has 0 radical (unpaired) electrons. The van der Waals surface area contributed by atoms with E-state index in [2.05, 4.69) is 20.9 Å². The monoisotopic (exact) mass is 475 g/mol. The van der Waals surface area contributed by atoms with E-state index in [1.807, 2.05) is 51.1 Å². The maximum absolute atomic E-state index is 13.2. The molecule has 2 aromatic rings. The molecule has 35 heavy (non-hydrogen) atoms. The number of carbonyl (C=O) groups excluding carboxylic acids is 3. The Hall–Kier alpha value is -3.26. The highest BCUT2D eigenvalue weighted by Gasteiger charge is 2.51. The van der Waals surface area contributed by atoms with Gasteiger partial charge in [0.05, 0.1) is 5.41 Å². The molecule has 8 nitrogen and oxygen atoms in total. The predicted octanol–water partition coefficient (Wildman–Crippen LogP) is 2.64. The van der Waals surface area contributed by atoms with Gasteiger partial charge in [0.2, 0.25) is 17.7 Å². The van der Waals surface area contributed by atoms with Crippen LogP contribution >= 0.6 is 0 Å². The Morgan fingerprint density at radius 1 is 1.20 bits per heavy atom. The van der Waals surface area contributed by atoms with Crippen molar-refractivity contribution in [3.8, 4) is 0 Å². The van der Waals surface area contributed by atoms with Crippen LogP contribution in [0.15, 0.2) is 36.5 Å². The van der Waals surface area contributed by atoms with Gasteiger partial charge < -0.3 is 20.9 Å². The normalized spacial score (nSPS) is 22.9. The van der Waals surface area contributed by atoms with Crippen molar-refractivity contribution in [3.63, 3.8) is 0 Å². The van der Waals surface area contributed by atoms with E-state index in [1.54, 1.807) is 11.1 Å². The summed E-state index contributed by atoms with van der Waals surface area (Å²) in [5.41, 5.74) is 2.57. The number of hydrogen-bond donors (Lipinski definition) is 3. The number of amides is 3. The number of nitrogens with zero attached hydrogens (tertiary/aromatic N) is 2. The number of pyridine rings is 1. The van der Waals surface area contributed by atoms with Crippen LogP contribution in [-0.4, -0.2) is 53.3 Å². The largest absolute Gasteiger partial charge is 0.329 e. The van der Waals surface area contributed by atoms with Gasteiger partial charge in [0, 0.05) is 35.4 Å². The number of benzene rings is 1. The molecule has 0 bridgehead atoms. The highest BCUT2D eigenvalue weighted by Crippen LogP contribution is 2.46. The quantitative estimate of drug-likeness (QED) is 0.631. The van der Waals surface area contributed by atoms with Gasteiger partial charge in [0.1, 0.15) is 12.4 Å². The topological polar surface area (TPSA) is 103 Å². The number of fused-ring (bicyclic) bond motifs is 3. The van der Waals surface area contributed by atoms with Gasteiger partial charge in [-0.05, 0) is 61.6 Å². The van der Waals surface area contributed by atoms with Crippen LogP contribution in [0.5, 0.6) is 0 Å². The summed E-state index contributed by atoms with van der Waals surface area (Å²) in [4.78, 5) is 45.2. The summed E-state index contributed by atoms with van der Waals surface area (Å²) >= 11 is 0. The summed E-state index contributed by atoms with van der Waals surface area (Å²) in [6.45, 7) is 7.33.